The van der Waals surface area contributed by atoms with Gasteiger partial charge in [0.15, 0.2) is 0 Å². The lowest BCUT2D eigenvalue weighted by Crippen LogP contribution is -2.41. The van der Waals surface area contributed by atoms with E-state index < -0.39 is 0 Å². The Labute approximate surface area is 132 Å². The number of halogens is 1. The van der Waals surface area contributed by atoms with E-state index in [-0.39, 0.29) is 0 Å². The van der Waals surface area contributed by atoms with E-state index >= 15 is 0 Å². The molecule has 1 nitrogen and oxygen atoms in total. The number of hydrogen-bond donors (Lipinski definition) is 1. The summed E-state index contributed by atoms with van der Waals surface area (Å²) < 4.78 is 0. The molecule has 1 N–H and O–H groups in total. The van der Waals surface area contributed by atoms with Crippen LogP contribution >= 0.6 is 11.6 Å². The number of benzene rings is 2. The molecular formula is C19H22ClN. The lowest BCUT2D eigenvalue weighted by Gasteiger charge is -2.38. The van der Waals surface area contributed by atoms with Crippen molar-refractivity contribution in [2.24, 2.45) is 0 Å². The van der Waals surface area contributed by atoms with Crippen LogP contribution in [0.2, 0.25) is 5.02 Å². The smallest absolute Gasteiger partial charge is 0.0440 e. The molecule has 2 aromatic carbocycles. The van der Waals surface area contributed by atoms with Crippen LogP contribution < -0.4 is 5.32 Å². The molecule has 0 aliphatic heterocycles. The van der Waals surface area contributed by atoms with Gasteiger partial charge in [0.2, 0.25) is 0 Å². The molecule has 1 saturated carbocycles. The molecule has 0 saturated heterocycles. The van der Waals surface area contributed by atoms with E-state index in [2.05, 4.69) is 55.6 Å². The Morgan fingerprint density at radius 2 is 1.71 bits per heavy atom. The fraction of sp³-hybridized carbons (Fsp3) is 0.368. The molecule has 1 atom stereocenters. The van der Waals surface area contributed by atoms with Crippen LogP contribution in [0.3, 0.4) is 0 Å². The topological polar surface area (TPSA) is 12.0 Å². The summed E-state index contributed by atoms with van der Waals surface area (Å²) in [6, 6.07) is 18.0. The maximum Gasteiger partial charge on any atom is 0.0440 e. The fourth-order valence-electron chi connectivity index (χ4n) is 3.12. The second kappa shape index (κ2) is 6.21. The molecule has 0 spiro atoms. The molecule has 1 fully saturated rings. The summed E-state index contributed by atoms with van der Waals surface area (Å²) in [5.74, 6) is 0.612. The van der Waals surface area contributed by atoms with E-state index in [0.717, 1.165) is 5.02 Å². The molecule has 3 rings (SSSR count). The molecule has 1 aliphatic rings. The van der Waals surface area contributed by atoms with Gasteiger partial charge < -0.3 is 5.32 Å². The average Bonchev–Trinajstić information content (AvgIpc) is 2.44. The third-order valence-corrected chi connectivity index (χ3v) is 4.89. The zero-order valence-electron chi connectivity index (χ0n) is 12.6. The monoisotopic (exact) mass is 299 g/mol. The molecule has 0 bridgehead atoms. The zero-order valence-corrected chi connectivity index (χ0v) is 13.4. The van der Waals surface area contributed by atoms with Crippen LogP contribution in [0.15, 0.2) is 48.5 Å². The Balaban J connectivity index is 1.55. The molecule has 21 heavy (non-hydrogen) atoms. The van der Waals surface area contributed by atoms with Crippen LogP contribution in [0.4, 0.5) is 0 Å². The number of nitrogens with one attached hydrogen (secondary N) is 1. The first-order valence-corrected chi connectivity index (χ1v) is 8.08. The molecule has 0 heterocycles. The third kappa shape index (κ3) is 3.30. The number of aryl methyl sites for hydroxylation is 1. The van der Waals surface area contributed by atoms with Crippen molar-refractivity contribution in [2.75, 3.05) is 0 Å². The molecule has 2 aromatic rings. The van der Waals surface area contributed by atoms with E-state index in [9.17, 15) is 0 Å². The number of rotatable bonds is 4. The second-order valence-corrected chi connectivity index (χ2v) is 6.59. The van der Waals surface area contributed by atoms with Gasteiger partial charge in [-0.25, -0.2) is 0 Å². The van der Waals surface area contributed by atoms with Gasteiger partial charge in [-0.2, -0.15) is 0 Å². The van der Waals surface area contributed by atoms with Crippen molar-refractivity contribution in [3.8, 4) is 0 Å². The highest BCUT2D eigenvalue weighted by Gasteiger charge is 2.32. The summed E-state index contributed by atoms with van der Waals surface area (Å²) in [5.41, 5.74) is 3.98. The zero-order chi connectivity index (χ0) is 14.8. The Kier molecular flexibility index (Phi) is 4.32. The van der Waals surface area contributed by atoms with E-state index in [0.29, 0.717) is 18.0 Å². The molecule has 0 amide bonds. The molecule has 110 valence electrons. The van der Waals surface area contributed by atoms with Crippen molar-refractivity contribution >= 4 is 11.6 Å². The van der Waals surface area contributed by atoms with Crippen molar-refractivity contribution in [3.05, 3.63) is 70.2 Å². The quantitative estimate of drug-likeness (QED) is 0.813. The lowest BCUT2D eigenvalue weighted by atomic mass is 9.75. The normalized spacial score (nSPS) is 22.6. The maximum atomic E-state index is 6.28. The molecule has 1 unspecified atom stereocenters. The summed E-state index contributed by atoms with van der Waals surface area (Å²) in [4.78, 5) is 0. The van der Waals surface area contributed by atoms with Gasteiger partial charge in [0.1, 0.15) is 0 Å². The standard InChI is InChI=1S/C19H22ClN/c1-13-7-9-15(10-8-13)14(2)21-17-11-16(12-17)18-5-3-4-6-19(18)20/h3-10,14,16-17,21H,11-12H2,1-2H3. The van der Waals surface area contributed by atoms with E-state index in [1.807, 2.05) is 12.1 Å². The van der Waals surface area contributed by atoms with Crippen LogP contribution in [0, 0.1) is 6.92 Å². The summed E-state index contributed by atoms with van der Waals surface area (Å²) in [7, 11) is 0. The lowest BCUT2D eigenvalue weighted by molar-refractivity contribution is 0.271. The Morgan fingerprint density at radius 3 is 2.38 bits per heavy atom. The fourth-order valence-corrected chi connectivity index (χ4v) is 3.41. The summed E-state index contributed by atoms with van der Waals surface area (Å²) >= 11 is 6.28. The first-order valence-electron chi connectivity index (χ1n) is 7.70. The predicted molar refractivity (Wildman–Crippen MR) is 89.9 cm³/mol. The summed E-state index contributed by atoms with van der Waals surface area (Å²) in [6.45, 7) is 4.37. The Bertz CT molecular complexity index is 599. The van der Waals surface area contributed by atoms with E-state index in [1.165, 1.54) is 29.5 Å². The molecule has 0 aromatic heterocycles. The van der Waals surface area contributed by atoms with Gasteiger partial charge in [-0.1, -0.05) is 59.6 Å². The second-order valence-electron chi connectivity index (χ2n) is 6.19. The van der Waals surface area contributed by atoms with Gasteiger partial charge in [0.25, 0.3) is 0 Å². The minimum atomic E-state index is 0.405. The minimum Gasteiger partial charge on any atom is -0.307 e. The van der Waals surface area contributed by atoms with Crippen LogP contribution in [0.25, 0.3) is 0 Å². The molecule has 1 aliphatic carbocycles. The third-order valence-electron chi connectivity index (χ3n) is 4.55. The van der Waals surface area contributed by atoms with Crippen molar-refractivity contribution in [2.45, 2.75) is 44.7 Å². The van der Waals surface area contributed by atoms with Crippen LogP contribution in [-0.4, -0.2) is 6.04 Å². The van der Waals surface area contributed by atoms with E-state index in [4.69, 9.17) is 11.6 Å². The molecular weight excluding hydrogens is 278 g/mol. The molecule has 2 heteroatoms. The van der Waals surface area contributed by atoms with Crippen LogP contribution in [-0.2, 0) is 0 Å². The highest BCUT2D eigenvalue weighted by Crippen LogP contribution is 2.40. The van der Waals surface area contributed by atoms with Gasteiger partial charge in [0.05, 0.1) is 0 Å². The average molecular weight is 300 g/mol. The SMILES string of the molecule is Cc1ccc(C(C)NC2CC(c3ccccc3Cl)C2)cc1. The van der Waals surface area contributed by atoms with Crippen LogP contribution in [0.5, 0.6) is 0 Å². The van der Waals surface area contributed by atoms with Crippen molar-refractivity contribution < 1.29 is 0 Å². The van der Waals surface area contributed by atoms with Gasteiger partial charge in [-0.05, 0) is 49.8 Å². The number of hydrogen-bond acceptors (Lipinski definition) is 1. The van der Waals surface area contributed by atoms with Gasteiger partial charge in [-0.15, -0.1) is 0 Å². The Hall–Kier alpha value is -1.31. The first-order chi connectivity index (χ1) is 10.1. The first kappa shape index (κ1) is 14.6. The van der Waals surface area contributed by atoms with Crippen molar-refractivity contribution in [1.29, 1.82) is 0 Å². The van der Waals surface area contributed by atoms with E-state index in [1.54, 1.807) is 0 Å². The van der Waals surface area contributed by atoms with Gasteiger partial charge in [0, 0.05) is 17.1 Å². The van der Waals surface area contributed by atoms with Crippen LogP contribution in [0.1, 0.15) is 48.4 Å². The minimum absolute atomic E-state index is 0.405. The molecule has 0 radical (unpaired) electrons. The maximum absolute atomic E-state index is 6.28. The van der Waals surface area contributed by atoms with Crippen molar-refractivity contribution in [1.82, 2.24) is 5.32 Å². The largest absolute Gasteiger partial charge is 0.307 e. The predicted octanol–water partition coefficient (Wildman–Crippen LogP) is 5.25. The summed E-state index contributed by atoms with van der Waals surface area (Å²) in [5, 5.41) is 4.64. The van der Waals surface area contributed by atoms with Gasteiger partial charge in [-0.3, -0.25) is 0 Å². The van der Waals surface area contributed by atoms with Gasteiger partial charge >= 0.3 is 0 Å². The summed E-state index contributed by atoms with van der Waals surface area (Å²) in [6.07, 6.45) is 2.36. The highest BCUT2D eigenvalue weighted by molar-refractivity contribution is 6.31. The Morgan fingerprint density at radius 1 is 1.05 bits per heavy atom. The highest BCUT2D eigenvalue weighted by atomic mass is 35.5. The van der Waals surface area contributed by atoms with Crippen molar-refractivity contribution in [3.63, 3.8) is 0 Å².